The van der Waals surface area contributed by atoms with E-state index in [1.807, 2.05) is 32.3 Å². The summed E-state index contributed by atoms with van der Waals surface area (Å²) in [6, 6.07) is 12.4. The molecule has 1 N–H and O–H groups in total. The number of H-pyrrole nitrogens is 1. The van der Waals surface area contributed by atoms with E-state index in [1.54, 1.807) is 11.1 Å². The van der Waals surface area contributed by atoms with Gasteiger partial charge in [-0.05, 0) is 41.8 Å². The molecule has 0 atom stereocenters. The molecule has 114 valence electrons. The lowest BCUT2D eigenvalue weighted by Gasteiger charge is -2.15. The van der Waals surface area contributed by atoms with Crippen molar-refractivity contribution < 1.29 is 4.79 Å². The molecular formula is C19H17N3O. The number of amides is 1. The van der Waals surface area contributed by atoms with E-state index < -0.39 is 0 Å². The molecular weight excluding hydrogens is 286 g/mol. The molecule has 4 nitrogen and oxygen atoms in total. The number of fused-ring (bicyclic) bond motifs is 3. The number of aromatic amines is 1. The van der Waals surface area contributed by atoms with Crippen LogP contribution in [0.1, 0.15) is 21.7 Å². The van der Waals surface area contributed by atoms with Gasteiger partial charge in [0.25, 0.3) is 5.91 Å². The van der Waals surface area contributed by atoms with Crippen LogP contribution in [0.15, 0.2) is 48.8 Å². The summed E-state index contributed by atoms with van der Waals surface area (Å²) >= 11 is 0. The molecule has 1 aliphatic heterocycles. The van der Waals surface area contributed by atoms with Crippen molar-refractivity contribution in [1.82, 2.24) is 14.9 Å². The van der Waals surface area contributed by atoms with Gasteiger partial charge in [0.05, 0.1) is 0 Å². The summed E-state index contributed by atoms with van der Waals surface area (Å²) in [4.78, 5) is 21.7. The Hall–Kier alpha value is -2.88. The topological polar surface area (TPSA) is 49.0 Å². The van der Waals surface area contributed by atoms with Gasteiger partial charge in [0.15, 0.2) is 0 Å². The Kier molecular flexibility index (Phi) is 3.05. The van der Waals surface area contributed by atoms with E-state index in [0.717, 1.165) is 33.5 Å². The molecule has 0 spiro atoms. The molecule has 0 radical (unpaired) electrons. The van der Waals surface area contributed by atoms with Crippen molar-refractivity contribution in [3.63, 3.8) is 0 Å². The third-order valence-electron chi connectivity index (χ3n) is 4.43. The van der Waals surface area contributed by atoms with Crippen molar-refractivity contribution in [1.29, 1.82) is 0 Å². The number of carbonyl (C=O) groups is 1. The van der Waals surface area contributed by atoms with Gasteiger partial charge in [-0.3, -0.25) is 9.78 Å². The second-order valence-electron chi connectivity index (χ2n) is 5.94. The number of nitrogens with one attached hydrogen (secondary N) is 1. The molecule has 4 heteroatoms. The van der Waals surface area contributed by atoms with Crippen LogP contribution in [0.5, 0.6) is 0 Å². The van der Waals surface area contributed by atoms with Gasteiger partial charge in [0.1, 0.15) is 5.69 Å². The number of carbonyl (C=O) groups excluding carboxylic acids is 1. The molecule has 4 rings (SSSR count). The fourth-order valence-corrected chi connectivity index (χ4v) is 3.21. The average Bonchev–Trinajstić information content (AvgIpc) is 3.01. The van der Waals surface area contributed by atoms with Crippen LogP contribution in [-0.4, -0.2) is 27.8 Å². The van der Waals surface area contributed by atoms with E-state index in [4.69, 9.17) is 0 Å². The first-order chi connectivity index (χ1) is 11.1. The second kappa shape index (κ2) is 5.09. The molecule has 0 saturated heterocycles. The lowest BCUT2D eigenvalue weighted by atomic mass is 9.95. The number of nitrogens with zero attached hydrogens (tertiary/aromatic N) is 2. The molecule has 0 bridgehead atoms. The molecule has 0 unspecified atom stereocenters. The van der Waals surface area contributed by atoms with Gasteiger partial charge in [0, 0.05) is 42.8 Å². The Labute approximate surface area is 134 Å². The first-order valence-corrected chi connectivity index (χ1v) is 7.63. The number of aryl methyl sites for hydroxylation is 1. The van der Waals surface area contributed by atoms with E-state index in [1.165, 1.54) is 0 Å². The number of benzene rings is 1. The maximum Gasteiger partial charge on any atom is 0.270 e. The summed E-state index contributed by atoms with van der Waals surface area (Å²) in [5, 5.41) is 0. The van der Waals surface area contributed by atoms with Crippen LogP contribution >= 0.6 is 0 Å². The van der Waals surface area contributed by atoms with Crippen molar-refractivity contribution in [3.05, 3.63) is 65.7 Å². The smallest absolute Gasteiger partial charge is 0.270 e. The highest BCUT2D eigenvalue weighted by molar-refractivity contribution is 6.01. The molecule has 1 amide bonds. The first-order valence-electron chi connectivity index (χ1n) is 7.63. The normalized spacial score (nSPS) is 13.5. The predicted molar refractivity (Wildman–Crippen MR) is 90.0 cm³/mol. The summed E-state index contributed by atoms with van der Waals surface area (Å²) in [7, 11) is 1.83. The SMILES string of the molecule is Cc1ncccc1-c1ccc2c(c1)-c1cc[nH]c1C(=O)N(C)C2. The number of rotatable bonds is 1. The van der Waals surface area contributed by atoms with Crippen molar-refractivity contribution >= 4 is 5.91 Å². The maximum absolute atomic E-state index is 12.5. The van der Waals surface area contributed by atoms with Gasteiger partial charge in [-0.1, -0.05) is 18.2 Å². The van der Waals surface area contributed by atoms with Crippen LogP contribution in [0.3, 0.4) is 0 Å². The summed E-state index contributed by atoms with van der Waals surface area (Å²) in [6.45, 7) is 2.63. The molecule has 23 heavy (non-hydrogen) atoms. The Morgan fingerprint density at radius 1 is 1.13 bits per heavy atom. The van der Waals surface area contributed by atoms with E-state index in [0.29, 0.717) is 12.2 Å². The first kappa shape index (κ1) is 13.8. The molecule has 0 saturated carbocycles. The van der Waals surface area contributed by atoms with E-state index in [9.17, 15) is 4.79 Å². The fraction of sp³-hybridized carbons (Fsp3) is 0.158. The number of aromatic nitrogens is 2. The largest absolute Gasteiger partial charge is 0.357 e. The molecule has 1 aliphatic rings. The van der Waals surface area contributed by atoms with Crippen LogP contribution in [0, 0.1) is 6.92 Å². The maximum atomic E-state index is 12.5. The van der Waals surface area contributed by atoms with Gasteiger partial charge in [-0.25, -0.2) is 0 Å². The van der Waals surface area contributed by atoms with Gasteiger partial charge in [0.2, 0.25) is 0 Å². The minimum atomic E-state index is 0.0281. The molecule has 3 aromatic rings. The standard InChI is InChI=1S/C19H17N3O/c1-12-15(4-3-8-20-12)13-5-6-14-11-22(2)19(23)18-16(7-9-21-18)17(14)10-13/h3-10,21H,11H2,1-2H3. The summed E-state index contributed by atoms with van der Waals surface area (Å²) in [5.74, 6) is 0.0281. The van der Waals surface area contributed by atoms with Crippen molar-refractivity contribution in [2.45, 2.75) is 13.5 Å². The minimum absolute atomic E-state index is 0.0281. The molecule has 3 heterocycles. The average molecular weight is 303 g/mol. The molecule has 0 fully saturated rings. The second-order valence-corrected chi connectivity index (χ2v) is 5.94. The zero-order chi connectivity index (χ0) is 16.0. The summed E-state index contributed by atoms with van der Waals surface area (Å²) in [5.41, 5.74) is 7.15. The van der Waals surface area contributed by atoms with Gasteiger partial charge >= 0.3 is 0 Å². The van der Waals surface area contributed by atoms with Crippen LogP contribution < -0.4 is 0 Å². The predicted octanol–water partition coefficient (Wildman–Crippen LogP) is 3.64. The molecule has 2 aromatic heterocycles. The third-order valence-corrected chi connectivity index (χ3v) is 4.43. The summed E-state index contributed by atoms with van der Waals surface area (Å²) in [6.07, 6.45) is 3.63. The zero-order valence-corrected chi connectivity index (χ0v) is 13.1. The highest BCUT2D eigenvalue weighted by atomic mass is 16.2. The van der Waals surface area contributed by atoms with Gasteiger partial charge in [-0.2, -0.15) is 0 Å². The van der Waals surface area contributed by atoms with Crippen molar-refractivity contribution in [3.8, 4) is 22.3 Å². The number of pyridine rings is 1. The van der Waals surface area contributed by atoms with Crippen LogP contribution in [0.25, 0.3) is 22.3 Å². The zero-order valence-electron chi connectivity index (χ0n) is 13.1. The molecule has 0 aliphatic carbocycles. The molecule has 1 aromatic carbocycles. The highest BCUT2D eigenvalue weighted by Crippen LogP contribution is 2.35. The third kappa shape index (κ3) is 2.14. The Morgan fingerprint density at radius 3 is 2.83 bits per heavy atom. The van der Waals surface area contributed by atoms with E-state index in [-0.39, 0.29) is 5.91 Å². The minimum Gasteiger partial charge on any atom is -0.357 e. The van der Waals surface area contributed by atoms with Crippen LogP contribution in [-0.2, 0) is 6.54 Å². The lowest BCUT2D eigenvalue weighted by molar-refractivity contribution is 0.0783. The van der Waals surface area contributed by atoms with Gasteiger partial charge < -0.3 is 9.88 Å². The monoisotopic (exact) mass is 303 g/mol. The highest BCUT2D eigenvalue weighted by Gasteiger charge is 2.24. The quantitative estimate of drug-likeness (QED) is 0.746. The Morgan fingerprint density at radius 2 is 2.00 bits per heavy atom. The number of hydrogen-bond acceptors (Lipinski definition) is 2. The lowest BCUT2D eigenvalue weighted by Crippen LogP contribution is -2.25. The fourth-order valence-electron chi connectivity index (χ4n) is 3.21. The van der Waals surface area contributed by atoms with Crippen molar-refractivity contribution in [2.75, 3.05) is 7.05 Å². The summed E-state index contributed by atoms with van der Waals surface area (Å²) < 4.78 is 0. The Balaban J connectivity index is 1.94. The Bertz CT molecular complexity index is 910. The van der Waals surface area contributed by atoms with Crippen LogP contribution in [0.2, 0.25) is 0 Å². The van der Waals surface area contributed by atoms with Crippen LogP contribution in [0.4, 0.5) is 0 Å². The number of hydrogen-bond donors (Lipinski definition) is 1. The van der Waals surface area contributed by atoms with Crippen molar-refractivity contribution in [2.24, 2.45) is 0 Å². The van der Waals surface area contributed by atoms with Gasteiger partial charge in [-0.15, -0.1) is 0 Å². The van der Waals surface area contributed by atoms with E-state index in [2.05, 4.69) is 34.2 Å². The van der Waals surface area contributed by atoms with E-state index >= 15 is 0 Å².